The summed E-state index contributed by atoms with van der Waals surface area (Å²) in [7, 11) is 0. The Hall–Kier alpha value is -3.07. The number of hydrogen-bond acceptors (Lipinski definition) is 5. The zero-order valence-corrected chi connectivity index (χ0v) is 15.0. The van der Waals surface area contributed by atoms with E-state index in [2.05, 4.69) is 10.1 Å². The maximum atomic E-state index is 12.9. The minimum Gasteiger partial charge on any atom is -0.396 e. The lowest BCUT2D eigenvalue weighted by Gasteiger charge is -2.08. The van der Waals surface area contributed by atoms with Gasteiger partial charge in [0.25, 0.3) is 0 Å². The topological polar surface area (TPSA) is 76.2 Å². The Morgan fingerprint density at radius 3 is 2.31 bits per heavy atom. The van der Waals surface area contributed by atoms with Crippen LogP contribution in [0.2, 0.25) is 0 Å². The third-order valence-corrected chi connectivity index (χ3v) is 4.37. The molecular formula is C20H16F4N2O3. The molecule has 0 saturated heterocycles. The second-order valence-electron chi connectivity index (χ2n) is 6.38. The van der Waals surface area contributed by atoms with E-state index in [0.29, 0.717) is 11.1 Å². The summed E-state index contributed by atoms with van der Waals surface area (Å²) in [6, 6.07) is 9.40. The highest BCUT2D eigenvalue weighted by Crippen LogP contribution is 2.31. The molecule has 0 aliphatic carbocycles. The molecule has 9 heteroatoms. The van der Waals surface area contributed by atoms with Crippen LogP contribution in [0.5, 0.6) is 0 Å². The van der Waals surface area contributed by atoms with Crippen molar-refractivity contribution < 1.29 is 32.0 Å². The highest BCUT2D eigenvalue weighted by atomic mass is 19.4. The second-order valence-corrected chi connectivity index (χ2v) is 6.38. The van der Waals surface area contributed by atoms with E-state index in [4.69, 9.17) is 4.52 Å². The second kappa shape index (κ2) is 8.52. The molecule has 0 spiro atoms. The maximum absolute atomic E-state index is 12.9. The third-order valence-electron chi connectivity index (χ3n) is 4.37. The molecule has 152 valence electrons. The highest BCUT2D eigenvalue weighted by molar-refractivity contribution is 5.96. The van der Waals surface area contributed by atoms with Crippen LogP contribution in [0.3, 0.4) is 0 Å². The molecule has 29 heavy (non-hydrogen) atoms. The number of aliphatic hydroxyl groups is 1. The maximum Gasteiger partial charge on any atom is 0.416 e. The summed E-state index contributed by atoms with van der Waals surface area (Å²) in [5.41, 5.74) is -0.122. The van der Waals surface area contributed by atoms with Crippen LogP contribution < -0.4 is 0 Å². The van der Waals surface area contributed by atoms with Crippen molar-refractivity contribution in [3.8, 4) is 11.4 Å². The molecule has 0 aliphatic rings. The Kier molecular flexibility index (Phi) is 6.07. The van der Waals surface area contributed by atoms with E-state index in [-0.39, 0.29) is 36.9 Å². The van der Waals surface area contributed by atoms with Crippen LogP contribution in [0.15, 0.2) is 53.1 Å². The number of hydrogen-bond donors (Lipinski definition) is 1. The molecule has 1 atom stereocenters. The Labute approximate surface area is 163 Å². The predicted octanol–water partition coefficient (Wildman–Crippen LogP) is 4.63. The fraction of sp³-hybridized carbons (Fsp3) is 0.250. The van der Waals surface area contributed by atoms with E-state index in [1.165, 1.54) is 36.4 Å². The molecule has 0 aliphatic heterocycles. The number of carbonyl (C=O) groups excluding carboxylic acids is 1. The molecule has 1 heterocycles. The van der Waals surface area contributed by atoms with Crippen LogP contribution >= 0.6 is 0 Å². The van der Waals surface area contributed by atoms with Gasteiger partial charge in [-0.3, -0.25) is 4.79 Å². The van der Waals surface area contributed by atoms with Crippen LogP contribution in [0.4, 0.5) is 17.6 Å². The molecule has 3 aromatic rings. The first kappa shape index (κ1) is 20.7. The molecule has 0 fully saturated rings. The number of halogens is 4. The van der Waals surface area contributed by atoms with Gasteiger partial charge in [-0.25, -0.2) is 4.39 Å². The first-order valence-corrected chi connectivity index (χ1v) is 8.69. The summed E-state index contributed by atoms with van der Waals surface area (Å²) in [6.45, 7) is -0.356. The molecule has 1 N–H and O–H groups in total. The van der Waals surface area contributed by atoms with Crippen molar-refractivity contribution in [2.45, 2.75) is 24.9 Å². The molecule has 0 radical (unpaired) electrons. The normalized spacial score (nSPS) is 12.7. The number of nitrogens with zero attached hydrogens (tertiary/aromatic N) is 2. The fourth-order valence-corrected chi connectivity index (χ4v) is 2.70. The average Bonchev–Trinajstić information content (AvgIpc) is 3.18. The van der Waals surface area contributed by atoms with Gasteiger partial charge in [0.1, 0.15) is 5.82 Å². The van der Waals surface area contributed by atoms with Crippen molar-refractivity contribution in [3.63, 3.8) is 0 Å². The monoisotopic (exact) mass is 408 g/mol. The highest BCUT2D eigenvalue weighted by Gasteiger charge is 2.30. The van der Waals surface area contributed by atoms with E-state index in [1.807, 2.05) is 0 Å². The number of Topliss-reactive ketones (excluding diaryl/α,β-unsaturated/α-hetero) is 1. The zero-order chi connectivity index (χ0) is 21.0. The molecule has 0 amide bonds. The van der Waals surface area contributed by atoms with Gasteiger partial charge in [0.2, 0.25) is 11.7 Å². The number of aromatic nitrogens is 2. The predicted molar refractivity (Wildman–Crippen MR) is 94.5 cm³/mol. The summed E-state index contributed by atoms with van der Waals surface area (Å²) in [5, 5.41) is 13.3. The van der Waals surface area contributed by atoms with E-state index in [0.717, 1.165) is 12.1 Å². The first-order valence-electron chi connectivity index (χ1n) is 8.69. The van der Waals surface area contributed by atoms with Crippen molar-refractivity contribution >= 4 is 5.78 Å². The summed E-state index contributed by atoms with van der Waals surface area (Å²) >= 11 is 0. The standard InChI is InChI=1S/C20H16F4N2O3/c21-16-8-3-12(4-9-16)17(28)10-5-14(11-27)19-25-18(26-29-19)13-1-6-15(7-2-13)20(22,23)24/h1-4,6-9,14,27H,5,10-11H2. The van der Waals surface area contributed by atoms with E-state index < -0.39 is 23.5 Å². The number of rotatable bonds is 7. The smallest absolute Gasteiger partial charge is 0.396 e. The van der Waals surface area contributed by atoms with E-state index in [1.54, 1.807) is 0 Å². The lowest BCUT2D eigenvalue weighted by atomic mass is 9.99. The van der Waals surface area contributed by atoms with Gasteiger partial charge in [0.05, 0.1) is 18.1 Å². The minimum atomic E-state index is -4.44. The van der Waals surface area contributed by atoms with Gasteiger partial charge in [-0.2, -0.15) is 18.2 Å². The lowest BCUT2D eigenvalue weighted by molar-refractivity contribution is -0.137. The Morgan fingerprint density at radius 2 is 1.72 bits per heavy atom. The van der Waals surface area contributed by atoms with Gasteiger partial charge in [-0.15, -0.1) is 0 Å². The Balaban J connectivity index is 1.67. The van der Waals surface area contributed by atoms with Crippen molar-refractivity contribution in [1.82, 2.24) is 10.1 Å². The van der Waals surface area contributed by atoms with Crippen molar-refractivity contribution in [2.24, 2.45) is 0 Å². The summed E-state index contributed by atoms with van der Waals surface area (Å²) < 4.78 is 56.0. The Morgan fingerprint density at radius 1 is 1.07 bits per heavy atom. The SMILES string of the molecule is O=C(CCC(CO)c1nc(-c2ccc(C(F)(F)F)cc2)no1)c1ccc(F)cc1. The van der Waals surface area contributed by atoms with Crippen molar-refractivity contribution in [3.05, 3.63) is 71.4 Å². The number of aliphatic hydroxyl groups excluding tert-OH is 1. The van der Waals surface area contributed by atoms with E-state index in [9.17, 15) is 27.5 Å². The van der Waals surface area contributed by atoms with Gasteiger partial charge in [-0.1, -0.05) is 17.3 Å². The zero-order valence-electron chi connectivity index (χ0n) is 15.0. The van der Waals surface area contributed by atoms with Crippen LogP contribution in [0.25, 0.3) is 11.4 Å². The summed E-state index contributed by atoms with van der Waals surface area (Å²) in [6.07, 6.45) is -4.17. The molecule has 0 saturated carbocycles. The quantitative estimate of drug-likeness (QED) is 0.456. The summed E-state index contributed by atoms with van der Waals surface area (Å²) in [5.74, 6) is -1.14. The lowest BCUT2D eigenvalue weighted by Crippen LogP contribution is -2.08. The number of benzene rings is 2. The largest absolute Gasteiger partial charge is 0.416 e. The molecule has 3 rings (SSSR count). The van der Waals surface area contributed by atoms with Crippen LogP contribution in [0.1, 0.15) is 40.6 Å². The van der Waals surface area contributed by atoms with Crippen LogP contribution in [0, 0.1) is 5.82 Å². The molecule has 2 aromatic carbocycles. The number of alkyl halides is 3. The molecule has 5 nitrogen and oxygen atoms in total. The third kappa shape index (κ3) is 5.05. The molecular weight excluding hydrogens is 392 g/mol. The minimum absolute atomic E-state index is 0.0643. The average molecular weight is 408 g/mol. The molecule has 1 unspecified atom stereocenters. The number of ketones is 1. The first-order chi connectivity index (χ1) is 13.8. The van der Waals surface area contributed by atoms with Crippen molar-refractivity contribution in [2.75, 3.05) is 6.61 Å². The van der Waals surface area contributed by atoms with Crippen LogP contribution in [-0.2, 0) is 6.18 Å². The van der Waals surface area contributed by atoms with Crippen molar-refractivity contribution in [1.29, 1.82) is 0 Å². The van der Waals surface area contributed by atoms with E-state index >= 15 is 0 Å². The number of carbonyl (C=O) groups is 1. The van der Waals surface area contributed by atoms with Gasteiger partial charge >= 0.3 is 6.18 Å². The molecule has 0 bridgehead atoms. The van der Waals surface area contributed by atoms with Gasteiger partial charge in [-0.05, 0) is 42.8 Å². The Bertz CT molecular complexity index is 967. The summed E-state index contributed by atoms with van der Waals surface area (Å²) in [4.78, 5) is 16.3. The van der Waals surface area contributed by atoms with Gasteiger partial charge < -0.3 is 9.63 Å². The fourth-order valence-electron chi connectivity index (χ4n) is 2.70. The van der Waals surface area contributed by atoms with Gasteiger partial charge in [0.15, 0.2) is 5.78 Å². The van der Waals surface area contributed by atoms with Gasteiger partial charge in [0, 0.05) is 17.5 Å². The van der Waals surface area contributed by atoms with Crippen LogP contribution in [-0.4, -0.2) is 27.6 Å². The molecule has 1 aromatic heterocycles.